The second kappa shape index (κ2) is 8.79. The second-order valence-corrected chi connectivity index (χ2v) is 8.75. The van der Waals surface area contributed by atoms with Crippen LogP contribution in [0.2, 0.25) is 0 Å². The molecule has 8 heteroatoms. The molecule has 30 heavy (non-hydrogen) atoms. The molecule has 1 aromatic rings. The zero-order valence-electron chi connectivity index (χ0n) is 17.3. The third-order valence-corrected chi connectivity index (χ3v) is 6.70. The Kier molecular flexibility index (Phi) is 6.13. The molecule has 164 valence electrons. The van der Waals surface area contributed by atoms with Crippen LogP contribution in [0.15, 0.2) is 18.2 Å². The molecule has 0 aliphatic carbocycles. The number of hydrogen-bond donors (Lipinski definition) is 2. The molecule has 0 spiro atoms. The summed E-state index contributed by atoms with van der Waals surface area (Å²) in [4.78, 5) is 28.3. The SMILES string of the molecule is COC(=O)Nc1ccc(N2CCCC(CC(=O)N3C4CCC3CC(O)C4)C2)c(F)c1. The van der Waals surface area contributed by atoms with Gasteiger partial charge in [0.15, 0.2) is 0 Å². The van der Waals surface area contributed by atoms with Crippen molar-refractivity contribution < 1.29 is 23.8 Å². The highest BCUT2D eigenvalue weighted by molar-refractivity contribution is 5.84. The van der Waals surface area contributed by atoms with Gasteiger partial charge in [0.1, 0.15) is 5.82 Å². The largest absolute Gasteiger partial charge is 0.453 e. The summed E-state index contributed by atoms with van der Waals surface area (Å²) in [6.45, 7) is 1.38. The third-order valence-electron chi connectivity index (χ3n) is 6.70. The number of benzene rings is 1. The molecule has 0 radical (unpaired) electrons. The van der Waals surface area contributed by atoms with Crippen molar-refractivity contribution in [2.45, 2.75) is 63.1 Å². The van der Waals surface area contributed by atoms with Gasteiger partial charge in [-0.05, 0) is 62.6 Å². The van der Waals surface area contributed by atoms with Gasteiger partial charge in [0, 0.05) is 37.3 Å². The normalized spacial score (nSPS) is 28.4. The monoisotopic (exact) mass is 419 g/mol. The van der Waals surface area contributed by atoms with Crippen LogP contribution in [0.3, 0.4) is 0 Å². The van der Waals surface area contributed by atoms with Gasteiger partial charge in [-0.15, -0.1) is 0 Å². The minimum atomic E-state index is -0.641. The third kappa shape index (κ3) is 4.38. The number of nitrogens with one attached hydrogen (secondary N) is 1. The fraction of sp³-hybridized carbons (Fsp3) is 0.636. The summed E-state index contributed by atoms with van der Waals surface area (Å²) in [6.07, 6.45) is 4.77. The summed E-state index contributed by atoms with van der Waals surface area (Å²) in [5.41, 5.74) is 0.832. The lowest BCUT2D eigenvalue weighted by Gasteiger charge is -2.39. The summed E-state index contributed by atoms with van der Waals surface area (Å²) < 4.78 is 19.2. The fourth-order valence-corrected chi connectivity index (χ4v) is 5.37. The van der Waals surface area contributed by atoms with Crippen LogP contribution >= 0.6 is 0 Å². The number of piperidine rings is 2. The highest BCUT2D eigenvalue weighted by Crippen LogP contribution is 2.37. The van der Waals surface area contributed by atoms with Gasteiger partial charge in [-0.25, -0.2) is 9.18 Å². The van der Waals surface area contributed by atoms with E-state index >= 15 is 0 Å². The van der Waals surface area contributed by atoms with Crippen molar-refractivity contribution in [1.82, 2.24) is 4.90 Å². The quantitative estimate of drug-likeness (QED) is 0.784. The first-order valence-electron chi connectivity index (χ1n) is 10.8. The predicted molar refractivity (Wildman–Crippen MR) is 111 cm³/mol. The maximum atomic E-state index is 14.7. The Labute approximate surface area is 176 Å². The van der Waals surface area contributed by atoms with Crippen LogP contribution in [-0.4, -0.2) is 60.4 Å². The average molecular weight is 419 g/mol. The first kappa shape index (κ1) is 20.9. The summed E-state index contributed by atoms with van der Waals surface area (Å²) >= 11 is 0. The molecule has 4 rings (SSSR count). The molecule has 0 aromatic heterocycles. The highest BCUT2D eigenvalue weighted by atomic mass is 19.1. The van der Waals surface area contributed by atoms with Crippen molar-refractivity contribution in [3.8, 4) is 0 Å². The van der Waals surface area contributed by atoms with E-state index in [1.807, 2.05) is 9.80 Å². The molecule has 3 aliphatic rings. The van der Waals surface area contributed by atoms with Gasteiger partial charge < -0.3 is 19.6 Å². The first-order chi connectivity index (χ1) is 14.4. The lowest BCUT2D eigenvalue weighted by atomic mass is 9.92. The van der Waals surface area contributed by atoms with E-state index in [9.17, 15) is 19.1 Å². The summed E-state index contributed by atoms with van der Waals surface area (Å²) in [5.74, 6) is -0.0388. The number of ether oxygens (including phenoxy) is 1. The standard InChI is InChI=1S/C22H30FN3O4/c1-30-22(29)24-15-4-7-20(19(23)10-15)25-8-2-3-14(13-25)9-21(28)26-16-5-6-17(26)12-18(27)11-16/h4,7,10,14,16-18,27H,2-3,5-6,8-9,11-13H2,1H3,(H,24,29). The lowest BCUT2D eigenvalue weighted by Crippen LogP contribution is -2.49. The van der Waals surface area contributed by atoms with Crippen LogP contribution in [0.4, 0.5) is 20.6 Å². The number of carbonyl (C=O) groups excluding carboxylic acids is 2. The van der Waals surface area contributed by atoms with E-state index in [2.05, 4.69) is 10.1 Å². The summed E-state index contributed by atoms with van der Waals surface area (Å²) in [7, 11) is 1.26. The van der Waals surface area contributed by atoms with E-state index in [1.54, 1.807) is 12.1 Å². The Balaban J connectivity index is 1.38. The van der Waals surface area contributed by atoms with Gasteiger partial charge in [0.2, 0.25) is 5.91 Å². The Morgan fingerprint density at radius 2 is 1.97 bits per heavy atom. The maximum absolute atomic E-state index is 14.7. The van der Waals surface area contributed by atoms with Gasteiger partial charge in [-0.2, -0.15) is 0 Å². The molecule has 3 aliphatic heterocycles. The van der Waals surface area contributed by atoms with Gasteiger partial charge >= 0.3 is 6.09 Å². The maximum Gasteiger partial charge on any atom is 0.411 e. The van der Waals surface area contributed by atoms with E-state index in [0.29, 0.717) is 37.2 Å². The van der Waals surface area contributed by atoms with Crippen molar-refractivity contribution in [2.75, 3.05) is 30.4 Å². The zero-order valence-corrected chi connectivity index (χ0v) is 17.3. The number of aliphatic hydroxyl groups is 1. The molecule has 2 bridgehead atoms. The molecule has 7 nitrogen and oxygen atoms in total. The molecule has 0 saturated carbocycles. The van der Waals surface area contributed by atoms with Crippen LogP contribution in [0.1, 0.15) is 44.9 Å². The molecule has 3 unspecified atom stereocenters. The average Bonchev–Trinajstić information content (AvgIpc) is 2.99. The van der Waals surface area contributed by atoms with Crippen molar-refractivity contribution in [3.05, 3.63) is 24.0 Å². The van der Waals surface area contributed by atoms with E-state index in [0.717, 1.165) is 32.2 Å². The minimum Gasteiger partial charge on any atom is -0.453 e. The Morgan fingerprint density at radius 1 is 1.23 bits per heavy atom. The molecule has 3 atom stereocenters. The number of halogens is 1. The lowest BCUT2D eigenvalue weighted by molar-refractivity contribution is -0.138. The van der Waals surface area contributed by atoms with Crippen molar-refractivity contribution >= 4 is 23.4 Å². The zero-order chi connectivity index (χ0) is 21.3. The first-order valence-corrected chi connectivity index (χ1v) is 10.8. The van der Waals surface area contributed by atoms with Crippen molar-refractivity contribution in [2.24, 2.45) is 5.92 Å². The van der Waals surface area contributed by atoms with E-state index < -0.39 is 11.9 Å². The predicted octanol–water partition coefficient (Wildman–Crippen LogP) is 3.12. The number of hydrogen-bond acceptors (Lipinski definition) is 5. The number of anilines is 2. The van der Waals surface area contributed by atoms with Crippen LogP contribution in [0.25, 0.3) is 0 Å². The summed E-state index contributed by atoms with van der Waals surface area (Å²) in [5, 5.41) is 12.4. The highest BCUT2D eigenvalue weighted by Gasteiger charge is 2.43. The van der Waals surface area contributed by atoms with Crippen LogP contribution in [-0.2, 0) is 9.53 Å². The molecule has 1 aromatic carbocycles. The van der Waals surface area contributed by atoms with Gasteiger partial charge in [-0.1, -0.05) is 0 Å². The molecular formula is C22H30FN3O4. The van der Waals surface area contributed by atoms with Crippen LogP contribution in [0, 0.1) is 11.7 Å². The topological polar surface area (TPSA) is 82.1 Å². The minimum absolute atomic E-state index is 0.179. The molecule has 2 amide bonds. The van der Waals surface area contributed by atoms with Crippen LogP contribution in [0.5, 0.6) is 0 Å². The second-order valence-electron chi connectivity index (χ2n) is 8.75. The van der Waals surface area contributed by atoms with E-state index in [1.165, 1.54) is 13.2 Å². The van der Waals surface area contributed by atoms with E-state index in [4.69, 9.17) is 0 Å². The van der Waals surface area contributed by atoms with Gasteiger partial charge in [0.05, 0.1) is 18.9 Å². The number of aliphatic hydroxyl groups excluding tert-OH is 1. The van der Waals surface area contributed by atoms with Crippen molar-refractivity contribution in [1.29, 1.82) is 0 Å². The Morgan fingerprint density at radius 3 is 2.63 bits per heavy atom. The fourth-order valence-electron chi connectivity index (χ4n) is 5.37. The van der Waals surface area contributed by atoms with Gasteiger partial charge in [0.25, 0.3) is 0 Å². The number of amides is 2. The molecule has 2 N–H and O–H groups in total. The molecular weight excluding hydrogens is 389 g/mol. The Hall–Kier alpha value is -2.35. The van der Waals surface area contributed by atoms with Gasteiger partial charge in [-0.3, -0.25) is 10.1 Å². The number of fused-ring (bicyclic) bond motifs is 2. The molecule has 3 saturated heterocycles. The van der Waals surface area contributed by atoms with Crippen LogP contribution < -0.4 is 10.2 Å². The molecule has 3 heterocycles. The number of rotatable bonds is 4. The smallest absolute Gasteiger partial charge is 0.411 e. The summed E-state index contributed by atoms with van der Waals surface area (Å²) in [6, 6.07) is 4.96. The Bertz CT molecular complexity index is 791. The number of methoxy groups -OCH3 is 1. The number of nitrogens with zero attached hydrogens (tertiary/aromatic N) is 2. The van der Waals surface area contributed by atoms with E-state index in [-0.39, 0.29) is 30.0 Å². The number of carbonyl (C=O) groups is 2. The van der Waals surface area contributed by atoms with Crippen molar-refractivity contribution in [3.63, 3.8) is 0 Å². The molecule has 3 fully saturated rings.